The summed E-state index contributed by atoms with van der Waals surface area (Å²) in [4.78, 5) is 12.2. The highest BCUT2D eigenvalue weighted by atomic mass is 16.5. The highest BCUT2D eigenvalue weighted by Gasteiger charge is 2.20. The fraction of sp³-hybridized carbons (Fsp3) is 0.412. The summed E-state index contributed by atoms with van der Waals surface area (Å²) in [6, 6.07) is 7.79. The van der Waals surface area contributed by atoms with Gasteiger partial charge < -0.3 is 15.4 Å². The van der Waals surface area contributed by atoms with E-state index in [-0.39, 0.29) is 12.5 Å². The number of amides is 1. The zero-order valence-corrected chi connectivity index (χ0v) is 13.6. The van der Waals surface area contributed by atoms with Crippen LogP contribution in [0.3, 0.4) is 0 Å². The number of para-hydroxylation sites is 1. The van der Waals surface area contributed by atoms with Crippen LogP contribution in [-0.4, -0.2) is 28.8 Å². The zero-order valence-electron chi connectivity index (χ0n) is 13.6. The minimum atomic E-state index is -0.174. The van der Waals surface area contributed by atoms with Gasteiger partial charge in [-0.15, -0.1) is 0 Å². The maximum atomic E-state index is 12.2. The molecular formula is C17H22N4O2. The molecule has 6 heteroatoms. The summed E-state index contributed by atoms with van der Waals surface area (Å²) < 4.78 is 7.40. The summed E-state index contributed by atoms with van der Waals surface area (Å²) in [7, 11) is 1.85. The zero-order chi connectivity index (χ0) is 16.2. The van der Waals surface area contributed by atoms with Gasteiger partial charge in [0.25, 0.3) is 5.91 Å². The molecule has 1 aromatic heterocycles. The van der Waals surface area contributed by atoms with Crippen LogP contribution >= 0.6 is 0 Å². The van der Waals surface area contributed by atoms with Crippen molar-refractivity contribution in [2.75, 3.05) is 18.5 Å². The molecule has 122 valence electrons. The van der Waals surface area contributed by atoms with E-state index in [2.05, 4.69) is 22.7 Å². The minimum Gasteiger partial charge on any atom is -0.483 e. The van der Waals surface area contributed by atoms with Crippen LogP contribution in [0.25, 0.3) is 0 Å². The number of carbonyl (C=O) groups is 1. The Morgan fingerprint density at radius 1 is 1.43 bits per heavy atom. The fourth-order valence-electron chi connectivity index (χ4n) is 2.83. The van der Waals surface area contributed by atoms with E-state index in [4.69, 9.17) is 4.74 Å². The van der Waals surface area contributed by atoms with Crippen molar-refractivity contribution in [2.45, 2.75) is 26.3 Å². The molecule has 2 aromatic rings. The van der Waals surface area contributed by atoms with Gasteiger partial charge in [-0.3, -0.25) is 9.48 Å². The van der Waals surface area contributed by atoms with Crippen molar-refractivity contribution in [3.63, 3.8) is 0 Å². The lowest BCUT2D eigenvalue weighted by molar-refractivity contribution is -0.118. The number of carbonyl (C=O) groups excluding carboxylic acids is 1. The first kappa shape index (κ1) is 15.6. The number of rotatable bonds is 5. The van der Waals surface area contributed by atoms with Gasteiger partial charge in [0.2, 0.25) is 0 Å². The van der Waals surface area contributed by atoms with Crippen molar-refractivity contribution in [3.8, 4) is 5.75 Å². The van der Waals surface area contributed by atoms with Crippen molar-refractivity contribution in [1.29, 1.82) is 0 Å². The van der Waals surface area contributed by atoms with Gasteiger partial charge >= 0.3 is 0 Å². The van der Waals surface area contributed by atoms with Crippen molar-refractivity contribution in [1.82, 2.24) is 15.1 Å². The fourth-order valence-corrected chi connectivity index (χ4v) is 2.83. The average Bonchev–Trinajstić information content (AvgIpc) is 2.89. The van der Waals surface area contributed by atoms with E-state index >= 15 is 0 Å². The van der Waals surface area contributed by atoms with Crippen LogP contribution in [0.2, 0.25) is 0 Å². The summed E-state index contributed by atoms with van der Waals surface area (Å²) in [5.74, 6) is 1.34. The SMILES string of the molecule is CCc1ccccc1OCC(=O)Nc1c2c(nn1C)CCNC2. The number of fused-ring (bicyclic) bond motifs is 1. The summed E-state index contributed by atoms with van der Waals surface area (Å²) in [5.41, 5.74) is 3.22. The number of aryl methyl sites for hydroxylation is 2. The van der Waals surface area contributed by atoms with Gasteiger partial charge in [0.1, 0.15) is 11.6 Å². The molecule has 23 heavy (non-hydrogen) atoms. The van der Waals surface area contributed by atoms with Gasteiger partial charge in [-0.2, -0.15) is 5.10 Å². The normalized spacial score (nSPS) is 13.5. The lowest BCUT2D eigenvalue weighted by atomic mass is 10.1. The lowest BCUT2D eigenvalue weighted by Crippen LogP contribution is -2.26. The highest BCUT2D eigenvalue weighted by molar-refractivity contribution is 5.92. The molecule has 1 amide bonds. The lowest BCUT2D eigenvalue weighted by Gasteiger charge is -2.14. The Kier molecular flexibility index (Phi) is 4.62. The van der Waals surface area contributed by atoms with E-state index in [1.54, 1.807) is 4.68 Å². The monoisotopic (exact) mass is 314 g/mol. The van der Waals surface area contributed by atoms with E-state index in [9.17, 15) is 4.79 Å². The first-order valence-electron chi connectivity index (χ1n) is 7.95. The number of nitrogens with zero attached hydrogens (tertiary/aromatic N) is 2. The van der Waals surface area contributed by atoms with E-state index in [0.717, 1.165) is 54.3 Å². The summed E-state index contributed by atoms with van der Waals surface area (Å²) in [6.07, 6.45) is 1.76. The number of benzene rings is 1. The number of ether oxygens (including phenoxy) is 1. The Morgan fingerprint density at radius 2 is 2.26 bits per heavy atom. The number of hydrogen-bond donors (Lipinski definition) is 2. The Morgan fingerprint density at radius 3 is 3.09 bits per heavy atom. The van der Waals surface area contributed by atoms with Crippen molar-refractivity contribution < 1.29 is 9.53 Å². The third kappa shape index (κ3) is 3.37. The molecule has 0 fully saturated rings. The molecule has 0 spiro atoms. The predicted molar refractivity (Wildman–Crippen MR) is 88.6 cm³/mol. The first-order valence-corrected chi connectivity index (χ1v) is 7.95. The highest BCUT2D eigenvalue weighted by Crippen LogP contribution is 2.22. The number of nitrogens with one attached hydrogen (secondary N) is 2. The standard InChI is InChI=1S/C17H22N4O2/c1-3-12-6-4-5-7-15(12)23-11-16(22)19-17-13-10-18-9-8-14(13)20-21(17)2/h4-7,18H,3,8-11H2,1-2H3,(H,19,22). The minimum absolute atomic E-state index is 0.00953. The van der Waals surface area contributed by atoms with Crippen molar-refractivity contribution >= 4 is 11.7 Å². The van der Waals surface area contributed by atoms with Crippen molar-refractivity contribution in [2.24, 2.45) is 7.05 Å². The second kappa shape index (κ2) is 6.83. The molecule has 3 rings (SSSR count). The van der Waals surface area contributed by atoms with E-state index in [1.807, 2.05) is 31.3 Å². The molecule has 0 radical (unpaired) electrons. The Bertz CT molecular complexity index is 709. The van der Waals surface area contributed by atoms with Crippen LogP contribution < -0.4 is 15.4 Å². The molecular weight excluding hydrogens is 292 g/mol. The van der Waals surface area contributed by atoms with Crippen LogP contribution in [-0.2, 0) is 31.2 Å². The van der Waals surface area contributed by atoms with Gasteiger partial charge in [-0.05, 0) is 18.1 Å². The molecule has 2 heterocycles. The van der Waals surface area contributed by atoms with Gasteiger partial charge in [0.15, 0.2) is 6.61 Å². The summed E-state index contributed by atoms with van der Waals surface area (Å²) in [6.45, 7) is 3.72. The third-order valence-corrected chi connectivity index (χ3v) is 4.04. The average molecular weight is 314 g/mol. The number of aromatic nitrogens is 2. The molecule has 1 aliphatic heterocycles. The molecule has 0 aliphatic carbocycles. The number of hydrogen-bond acceptors (Lipinski definition) is 4. The molecule has 0 saturated carbocycles. The molecule has 6 nitrogen and oxygen atoms in total. The molecule has 2 N–H and O–H groups in total. The van der Waals surface area contributed by atoms with Gasteiger partial charge in [-0.25, -0.2) is 0 Å². The molecule has 0 saturated heterocycles. The maximum absolute atomic E-state index is 12.2. The van der Waals surface area contributed by atoms with Gasteiger partial charge in [0.05, 0.1) is 5.69 Å². The Labute approximate surface area is 135 Å². The van der Waals surface area contributed by atoms with E-state index in [1.165, 1.54) is 0 Å². The Balaban J connectivity index is 1.65. The Hall–Kier alpha value is -2.34. The quantitative estimate of drug-likeness (QED) is 0.880. The largest absolute Gasteiger partial charge is 0.483 e. The smallest absolute Gasteiger partial charge is 0.263 e. The summed E-state index contributed by atoms with van der Waals surface area (Å²) in [5, 5.41) is 10.7. The van der Waals surface area contributed by atoms with E-state index in [0.29, 0.717) is 0 Å². The third-order valence-electron chi connectivity index (χ3n) is 4.04. The van der Waals surface area contributed by atoms with Crippen LogP contribution in [0.4, 0.5) is 5.82 Å². The predicted octanol–water partition coefficient (Wildman–Crippen LogP) is 1.65. The van der Waals surface area contributed by atoms with E-state index < -0.39 is 0 Å². The van der Waals surface area contributed by atoms with Gasteiger partial charge in [0, 0.05) is 32.1 Å². The van der Waals surface area contributed by atoms with Crippen LogP contribution in [0.1, 0.15) is 23.7 Å². The summed E-state index contributed by atoms with van der Waals surface area (Å²) >= 11 is 0. The first-order chi connectivity index (χ1) is 11.2. The van der Waals surface area contributed by atoms with Crippen LogP contribution in [0.5, 0.6) is 5.75 Å². The van der Waals surface area contributed by atoms with Crippen LogP contribution in [0.15, 0.2) is 24.3 Å². The maximum Gasteiger partial charge on any atom is 0.263 e. The second-order valence-electron chi connectivity index (χ2n) is 5.62. The van der Waals surface area contributed by atoms with Crippen molar-refractivity contribution in [3.05, 3.63) is 41.1 Å². The molecule has 0 bridgehead atoms. The molecule has 0 unspecified atom stereocenters. The molecule has 0 atom stereocenters. The molecule has 1 aliphatic rings. The van der Waals surface area contributed by atoms with Gasteiger partial charge in [-0.1, -0.05) is 25.1 Å². The number of anilines is 1. The van der Waals surface area contributed by atoms with Crippen LogP contribution in [0, 0.1) is 0 Å². The second-order valence-corrected chi connectivity index (χ2v) is 5.62. The molecule has 1 aromatic carbocycles. The topological polar surface area (TPSA) is 68.2 Å².